The highest BCUT2D eigenvalue weighted by atomic mass is 16.5. The Kier molecular flexibility index (Phi) is 6.04. The van der Waals surface area contributed by atoms with Crippen molar-refractivity contribution in [3.05, 3.63) is 59.4 Å². The molecule has 1 heterocycles. The van der Waals surface area contributed by atoms with Crippen molar-refractivity contribution in [3.8, 4) is 0 Å². The van der Waals surface area contributed by atoms with Gasteiger partial charge in [-0.05, 0) is 50.3 Å². The SMILES string of the molecule is COC1CCC(C(=N)c2cc3[nH]c(C(=O)N[C@H](C)c4ccccc4)nc3cc2N)CC1. The fraction of sp³-hybridized carbons (Fsp3) is 0.375. The van der Waals surface area contributed by atoms with Crippen LogP contribution in [0.2, 0.25) is 0 Å². The molecule has 5 N–H and O–H groups in total. The number of benzene rings is 2. The molecular formula is C24H29N5O2. The van der Waals surface area contributed by atoms with Gasteiger partial charge in [0, 0.05) is 30.0 Å². The summed E-state index contributed by atoms with van der Waals surface area (Å²) in [4.78, 5) is 20.2. The van der Waals surface area contributed by atoms with E-state index in [1.165, 1.54) is 0 Å². The Bertz CT molecular complexity index is 1080. The fourth-order valence-corrected chi connectivity index (χ4v) is 4.31. The molecule has 1 atom stereocenters. The number of hydrogen-bond acceptors (Lipinski definition) is 5. The first-order valence-electron chi connectivity index (χ1n) is 10.7. The average Bonchev–Trinajstić information content (AvgIpc) is 3.21. The first-order valence-corrected chi connectivity index (χ1v) is 10.7. The molecule has 0 radical (unpaired) electrons. The summed E-state index contributed by atoms with van der Waals surface area (Å²) in [5.74, 6) is 0.130. The summed E-state index contributed by atoms with van der Waals surface area (Å²) < 4.78 is 5.44. The van der Waals surface area contributed by atoms with E-state index in [2.05, 4.69) is 15.3 Å². The Morgan fingerprint density at radius 2 is 1.94 bits per heavy atom. The van der Waals surface area contributed by atoms with Crippen LogP contribution < -0.4 is 11.1 Å². The molecule has 0 saturated heterocycles. The number of aromatic nitrogens is 2. The molecule has 4 rings (SSSR count). The van der Waals surface area contributed by atoms with Gasteiger partial charge in [0.2, 0.25) is 0 Å². The molecule has 1 fully saturated rings. The largest absolute Gasteiger partial charge is 0.398 e. The zero-order chi connectivity index (χ0) is 22.0. The van der Waals surface area contributed by atoms with Crippen LogP contribution in [-0.2, 0) is 4.74 Å². The van der Waals surface area contributed by atoms with Gasteiger partial charge in [0.05, 0.1) is 23.2 Å². The zero-order valence-corrected chi connectivity index (χ0v) is 17.9. The Labute approximate surface area is 181 Å². The van der Waals surface area contributed by atoms with Crippen LogP contribution in [0.3, 0.4) is 0 Å². The van der Waals surface area contributed by atoms with E-state index in [-0.39, 0.29) is 29.8 Å². The maximum absolute atomic E-state index is 12.7. The minimum absolute atomic E-state index is 0.141. The number of anilines is 1. The fourth-order valence-electron chi connectivity index (χ4n) is 4.31. The van der Waals surface area contributed by atoms with Crippen molar-refractivity contribution in [1.29, 1.82) is 5.41 Å². The average molecular weight is 420 g/mol. The second kappa shape index (κ2) is 8.89. The molecule has 3 aromatic rings. The number of ether oxygens (including phenoxy) is 1. The summed E-state index contributed by atoms with van der Waals surface area (Å²) in [6.45, 7) is 1.94. The van der Waals surface area contributed by atoms with E-state index in [0.29, 0.717) is 28.0 Å². The van der Waals surface area contributed by atoms with Gasteiger partial charge in [0.15, 0.2) is 5.82 Å². The number of fused-ring (bicyclic) bond motifs is 1. The molecule has 1 aromatic heterocycles. The highest BCUT2D eigenvalue weighted by Crippen LogP contribution is 2.31. The van der Waals surface area contributed by atoms with Gasteiger partial charge in [0.1, 0.15) is 0 Å². The number of carbonyl (C=O) groups is 1. The van der Waals surface area contributed by atoms with E-state index >= 15 is 0 Å². The number of nitrogens with two attached hydrogens (primary N) is 1. The summed E-state index contributed by atoms with van der Waals surface area (Å²) >= 11 is 0. The molecular weight excluding hydrogens is 390 g/mol. The van der Waals surface area contributed by atoms with E-state index in [9.17, 15) is 4.79 Å². The maximum Gasteiger partial charge on any atom is 0.287 e. The molecule has 2 aromatic carbocycles. The van der Waals surface area contributed by atoms with E-state index in [1.807, 2.05) is 43.3 Å². The summed E-state index contributed by atoms with van der Waals surface area (Å²) in [5, 5.41) is 11.7. The second-order valence-electron chi connectivity index (χ2n) is 8.27. The first-order chi connectivity index (χ1) is 15.0. The Morgan fingerprint density at radius 3 is 2.61 bits per heavy atom. The topological polar surface area (TPSA) is 117 Å². The van der Waals surface area contributed by atoms with Gasteiger partial charge in [-0.1, -0.05) is 30.3 Å². The molecule has 1 aliphatic carbocycles. The van der Waals surface area contributed by atoms with Crippen LogP contribution in [-0.4, -0.2) is 34.8 Å². The highest BCUT2D eigenvalue weighted by molar-refractivity contribution is 6.07. The quantitative estimate of drug-likeness (QED) is 0.354. The number of hydrogen-bond donors (Lipinski definition) is 4. The van der Waals surface area contributed by atoms with Crippen LogP contribution >= 0.6 is 0 Å². The van der Waals surface area contributed by atoms with Gasteiger partial charge in [-0.15, -0.1) is 0 Å². The Hall–Kier alpha value is -3.19. The van der Waals surface area contributed by atoms with E-state index in [0.717, 1.165) is 31.2 Å². The molecule has 1 amide bonds. The second-order valence-corrected chi connectivity index (χ2v) is 8.27. The number of rotatable bonds is 6. The van der Waals surface area contributed by atoms with Crippen molar-refractivity contribution in [2.24, 2.45) is 5.92 Å². The molecule has 0 aliphatic heterocycles. The lowest BCUT2D eigenvalue weighted by Gasteiger charge is -2.28. The number of carbonyl (C=O) groups excluding carboxylic acids is 1. The molecule has 31 heavy (non-hydrogen) atoms. The highest BCUT2D eigenvalue weighted by Gasteiger charge is 2.26. The van der Waals surface area contributed by atoms with Crippen LogP contribution in [0.1, 0.15) is 60.4 Å². The van der Waals surface area contributed by atoms with Crippen LogP contribution in [0.15, 0.2) is 42.5 Å². The lowest BCUT2D eigenvalue weighted by atomic mass is 9.81. The summed E-state index contributed by atoms with van der Waals surface area (Å²) in [5.41, 5.74) is 10.4. The minimum atomic E-state index is -0.277. The summed E-state index contributed by atoms with van der Waals surface area (Å²) in [6, 6.07) is 13.2. The summed E-state index contributed by atoms with van der Waals surface area (Å²) in [6.07, 6.45) is 4.04. The first kappa shape index (κ1) is 21.1. The lowest BCUT2D eigenvalue weighted by Crippen LogP contribution is -2.27. The van der Waals surface area contributed by atoms with Crippen molar-refractivity contribution in [1.82, 2.24) is 15.3 Å². The van der Waals surface area contributed by atoms with Crippen LogP contribution in [0, 0.1) is 11.3 Å². The molecule has 1 aliphatic rings. The van der Waals surface area contributed by atoms with Gasteiger partial charge in [-0.3, -0.25) is 4.79 Å². The smallest absolute Gasteiger partial charge is 0.287 e. The third-order valence-corrected chi connectivity index (χ3v) is 6.22. The van der Waals surface area contributed by atoms with E-state index in [1.54, 1.807) is 13.2 Å². The number of methoxy groups -OCH3 is 1. The molecule has 7 heteroatoms. The molecule has 7 nitrogen and oxygen atoms in total. The number of nitrogens with zero attached hydrogens (tertiary/aromatic N) is 1. The number of nitrogen functional groups attached to an aromatic ring is 1. The van der Waals surface area contributed by atoms with Gasteiger partial charge < -0.3 is 26.2 Å². The van der Waals surface area contributed by atoms with Gasteiger partial charge in [0.25, 0.3) is 5.91 Å². The van der Waals surface area contributed by atoms with E-state index in [4.69, 9.17) is 15.9 Å². The number of amides is 1. The number of aromatic amines is 1. The van der Waals surface area contributed by atoms with Crippen LogP contribution in [0.4, 0.5) is 5.69 Å². The van der Waals surface area contributed by atoms with Crippen molar-refractivity contribution in [3.63, 3.8) is 0 Å². The third-order valence-electron chi connectivity index (χ3n) is 6.22. The molecule has 0 bridgehead atoms. The monoisotopic (exact) mass is 419 g/mol. The van der Waals surface area contributed by atoms with Gasteiger partial charge in [-0.25, -0.2) is 4.98 Å². The minimum Gasteiger partial charge on any atom is -0.398 e. The Morgan fingerprint density at radius 1 is 1.23 bits per heavy atom. The van der Waals surface area contributed by atoms with Crippen LogP contribution in [0.5, 0.6) is 0 Å². The number of nitrogens with one attached hydrogen (secondary N) is 3. The lowest BCUT2D eigenvalue weighted by molar-refractivity contribution is 0.0647. The maximum atomic E-state index is 12.7. The predicted octanol–water partition coefficient (Wildman–Crippen LogP) is 4.21. The van der Waals surface area contributed by atoms with Gasteiger partial charge in [-0.2, -0.15) is 0 Å². The predicted molar refractivity (Wildman–Crippen MR) is 122 cm³/mol. The molecule has 1 saturated carbocycles. The molecule has 162 valence electrons. The van der Waals surface area contributed by atoms with Crippen LogP contribution in [0.25, 0.3) is 11.0 Å². The normalized spacial score (nSPS) is 19.8. The van der Waals surface area contributed by atoms with Crippen molar-refractivity contribution < 1.29 is 9.53 Å². The van der Waals surface area contributed by atoms with E-state index < -0.39 is 0 Å². The third kappa shape index (κ3) is 4.46. The van der Waals surface area contributed by atoms with Crippen molar-refractivity contribution in [2.45, 2.75) is 44.8 Å². The molecule has 0 unspecified atom stereocenters. The van der Waals surface area contributed by atoms with Crippen molar-refractivity contribution >= 4 is 28.3 Å². The number of imidazole rings is 1. The molecule has 0 spiro atoms. The standard InChI is InChI=1S/C24H29N5O2/c1-14(15-6-4-3-5-7-15)27-24(30)23-28-20-12-18(19(25)13-21(20)29-23)22(26)16-8-10-17(31-2)11-9-16/h3-7,12-14,16-17,26H,8-11,25H2,1-2H3,(H,27,30)(H,28,29)/t14-,16?,17?/m1/s1. The summed E-state index contributed by atoms with van der Waals surface area (Å²) in [7, 11) is 1.74. The Balaban J connectivity index is 1.52. The van der Waals surface area contributed by atoms with Crippen molar-refractivity contribution in [2.75, 3.05) is 12.8 Å². The zero-order valence-electron chi connectivity index (χ0n) is 17.9. The number of H-pyrrole nitrogens is 1. The van der Waals surface area contributed by atoms with Gasteiger partial charge >= 0.3 is 0 Å².